The highest BCUT2D eigenvalue weighted by atomic mass is 35.5. The van der Waals surface area contributed by atoms with Gasteiger partial charge in [-0.15, -0.1) is 0 Å². The van der Waals surface area contributed by atoms with Crippen molar-refractivity contribution >= 4 is 17.4 Å². The van der Waals surface area contributed by atoms with E-state index in [2.05, 4.69) is 15.3 Å². The van der Waals surface area contributed by atoms with Crippen LogP contribution in [0.15, 0.2) is 24.3 Å². The summed E-state index contributed by atoms with van der Waals surface area (Å²) >= 11 is 5.93. The second-order valence-electron chi connectivity index (χ2n) is 5.39. The van der Waals surface area contributed by atoms with Crippen molar-refractivity contribution in [3.63, 3.8) is 0 Å². The van der Waals surface area contributed by atoms with E-state index < -0.39 is 0 Å². The molecule has 1 aliphatic rings. The number of nitrogens with zero attached hydrogens (tertiary/aromatic N) is 2. The summed E-state index contributed by atoms with van der Waals surface area (Å²) in [6.45, 7) is 0. The van der Waals surface area contributed by atoms with Crippen LogP contribution in [-0.2, 0) is 0 Å². The number of hydrogen-bond acceptors (Lipinski definition) is 3. The van der Waals surface area contributed by atoms with Gasteiger partial charge in [0, 0.05) is 35.3 Å². The Bertz CT molecular complexity index is 634. The molecule has 1 N–H and O–H groups in total. The summed E-state index contributed by atoms with van der Waals surface area (Å²) in [5, 5.41) is 3.41. The fourth-order valence-corrected chi connectivity index (χ4v) is 3.06. The summed E-state index contributed by atoms with van der Waals surface area (Å²) in [4.78, 5) is 9.07. The van der Waals surface area contributed by atoms with Crippen molar-refractivity contribution in [2.24, 2.45) is 0 Å². The van der Waals surface area contributed by atoms with E-state index in [4.69, 9.17) is 11.6 Å². The van der Waals surface area contributed by atoms with E-state index in [0.717, 1.165) is 24.4 Å². The molecule has 0 spiro atoms. The summed E-state index contributed by atoms with van der Waals surface area (Å²) in [6.07, 6.45) is 4.79. The van der Waals surface area contributed by atoms with Crippen LogP contribution in [0, 0.1) is 5.82 Å². The topological polar surface area (TPSA) is 37.8 Å². The Morgan fingerprint density at radius 3 is 2.57 bits per heavy atom. The van der Waals surface area contributed by atoms with Crippen LogP contribution in [0.2, 0.25) is 5.02 Å². The standard InChI is InChI=1S/C16H17ClFN3/c1-19-15-9-14(10-4-2-3-5-10)20-16(21-15)11-6-12(17)8-13(18)7-11/h6-10H,2-5H2,1H3,(H,19,20,21). The van der Waals surface area contributed by atoms with Gasteiger partial charge in [-0.1, -0.05) is 24.4 Å². The van der Waals surface area contributed by atoms with Crippen molar-refractivity contribution in [1.29, 1.82) is 0 Å². The maximum absolute atomic E-state index is 13.5. The number of benzene rings is 1. The summed E-state index contributed by atoms with van der Waals surface area (Å²) in [5.74, 6) is 1.37. The van der Waals surface area contributed by atoms with E-state index in [0.29, 0.717) is 22.3 Å². The highest BCUT2D eigenvalue weighted by Gasteiger charge is 2.20. The van der Waals surface area contributed by atoms with Gasteiger partial charge >= 0.3 is 0 Å². The molecule has 0 amide bonds. The smallest absolute Gasteiger partial charge is 0.161 e. The number of hydrogen-bond donors (Lipinski definition) is 1. The summed E-state index contributed by atoms with van der Waals surface area (Å²) in [6, 6.07) is 6.38. The van der Waals surface area contributed by atoms with Crippen LogP contribution in [0.25, 0.3) is 11.4 Å². The molecule has 1 heterocycles. The van der Waals surface area contributed by atoms with Crippen LogP contribution in [-0.4, -0.2) is 17.0 Å². The molecule has 1 saturated carbocycles. The fraction of sp³-hybridized carbons (Fsp3) is 0.375. The Morgan fingerprint density at radius 1 is 1.14 bits per heavy atom. The van der Waals surface area contributed by atoms with E-state index in [-0.39, 0.29) is 5.82 Å². The van der Waals surface area contributed by atoms with Crippen LogP contribution in [0.1, 0.15) is 37.3 Å². The van der Waals surface area contributed by atoms with Gasteiger partial charge in [-0.2, -0.15) is 0 Å². The zero-order valence-electron chi connectivity index (χ0n) is 11.9. The number of rotatable bonds is 3. The van der Waals surface area contributed by atoms with Crippen molar-refractivity contribution in [2.45, 2.75) is 31.6 Å². The quantitative estimate of drug-likeness (QED) is 0.898. The predicted molar refractivity (Wildman–Crippen MR) is 83.2 cm³/mol. The van der Waals surface area contributed by atoms with Crippen molar-refractivity contribution < 1.29 is 4.39 Å². The van der Waals surface area contributed by atoms with Gasteiger partial charge in [-0.25, -0.2) is 14.4 Å². The molecule has 0 unspecified atom stereocenters. The van der Waals surface area contributed by atoms with Crippen LogP contribution in [0.5, 0.6) is 0 Å². The lowest BCUT2D eigenvalue weighted by molar-refractivity contribution is 0.628. The average Bonchev–Trinajstić information content (AvgIpc) is 3.00. The van der Waals surface area contributed by atoms with Gasteiger partial charge in [-0.05, 0) is 31.0 Å². The van der Waals surface area contributed by atoms with E-state index in [1.54, 1.807) is 6.07 Å². The lowest BCUT2D eigenvalue weighted by Gasteiger charge is -2.12. The van der Waals surface area contributed by atoms with Gasteiger partial charge in [0.05, 0.1) is 0 Å². The second-order valence-corrected chi connectivity index (χ2v) is 5.83. The first-order chi connectivity index (χ1) is 10.2. The molecule has 0 radical (unpaired) electrons. The maximum atomic E-state index is 13.5. The monoisotopic (exact) mass is 305 g/mol. The molecular weight excluding hydrogens is 289 g/mol. The second kappa shape index (κ2) is 5.98. The van der Waals surface area contributed by atoms with E-state index in [1.165, 1.54) is 25.0 Å². The van der Waals surface area contributed by atoms with Crippen LogP contribution < -0.4 is 5.32 Å². The Balaban J connectivity index is 2.06. The molecule has 3 nitrogen and oxygen atoms in total. The SMILES string of the molecule is CNc1cc(C2CCCC2)nc(-c2cc(F)cc(Cl)c2)n1. The van der Waals surface area contributed by atoms with Gasteiger partial charge < -0.3 is 5.32 Å². The summed E-state index contributed by atoms with van der Waals surface area (Å²) < 4.78 is 13.5. The van der Waals surface area contributed by atoms with Crippen LogP contribution >= 0.6 is 11.6 Å². The highest BCUT2D eigenvalue weighted by Crippen LogP contribution is 2.34. The van der Waals surface area contributed by atoms with Crippen molar-refractivity contribution in [1.82, 2.24) is 9.97 Å². The van der Waals surface area contributed by atoms with E-state index in [9.17, 15) is 4.39 Å². The molecule has 1 aromatic heterocycles. The molecule has 1 aromatic carbocycles. The number of anilines is 1. The van der Waals surface area contributed by atoms with Crippen molar-refractivity contribution in [3.05, 3.63) is 40.8 Å². The van der Waals surface area contributed by atoms with E-state index >= 15 is 0 Å². The molecule has 1 aliphatic carbocycles. The number of halogens is 2. The minimum absolute atomic E-state index is 0.353. The predicted octanol–water partition coefficient (Wildman–Crippen LogP) is 4.64. The van der Waals surface area contributed by atoms with Gasteiger partial charge in [0.25, 0.3) is 0 Å². The minimum atomic E-state index is -0.377. The first kappa shape index (κ1) is 14.3. The largest absolute Gasteiger partial charge is 0.373 e. The van der Waals surface area contributed by atoms with Gasteiger partial charge in [0.2, 0.25) is 0 Å². The molecule has 5 heteroatoms. The third kappa shape index (κ3) is 3.16. The van der Waals surface area contributed by atoms with E-state index in [1.807, 2.05) is 13.1 Å². The molecule has 0 atom stereocenters. The van der Waals surface area contributed by atoms with Gasteiger partial charge in [-0.3, -0.25) is 0 Å². The molecule has 1 fully saturated rings. The normalized spacial score (nSPS) is 15.4. The molecule has 110 valence electrons. The first-order valence-corrected chi connectivity index (χ1v) is 7.56. The molecule has 0 aliphatic heterocycles. The Morgan fingerprint density at radius 2 is 1.90 bits per heavy atom. The van der Waals surface area contributed by atoms with Crippen LogP contribution in [0.4, 0.5) is 10.2 Å². The molecule has 21 heavy (non-hydrogen) atoms. The van der Waals surface area contributed by atoms with Gasteiger partial charge in [0.15, 0.2) is 5.82 Å². The Labute approximate surface area is 128 Å². The molecule has 2 aromatic rings. The third-order valence-corrected chi connectivity index (χ3v) is 4.11. The molecule has 0 saturated heterocycles. The number of nitrogens with one attached hydrogen (secondary N) is 1. The zero-order chi connectivity index (χ0) is 14.8. The fourth-order valence-electron chi connectivity index (χ4n) is 2.84. The zero-order valence-corrected chi connectivity index (χ0v) is 12.6. The third-order valence-electron chi connectivity index (χ3n) is 3.90. The van der Waals surface area contributed by atoms with Gasteiger partial charge in [0.1, 0.15) is 11.6 Å². The first-order valence-electron chi connectivity index (χ1n) is 7.19. The average molecular weight is 306 g/mol. The molecule has 3 rings (SSSR count). The van der Waals surface area contributed by atoms with Crippen LogP contribution in [0.3, 0.4) is 0 Å². The summed E-state index contributed by atoms with van der Waals surface area (Å²) in [7, 11) is 1.82. The molecule has 0 bridgehead atoms. The maximum Gasteiger partial charge on any atom is 0.161 e. The molecular formula is C16H17ClFN3. The Hall–Kier alpha value is -1.68. The lowest BCUT2D eigenvalue weighted by Crippen LogP contribution is -2.04. The van der Waals surface area contributed by atoms with Crippen molar-refractivity contribution in [3.8, 4) is 11.4 Å². The summed E-state index contributed by atoms with van der Waals surface area (Å²) in [5.41, 5.74) is 1.64. The Kier molecular flexibility index (Phi) is 4.06. The highest BCUT2D eigenvalue weighted by molar-refractivity contribution is 6.30. The minimum Gasteiger partial charge on any atom is -0.373 e. The van der Waals surface area contributed by atoms with Crippen molar-refractivity contribution in [2.75, 3.05) is 12.4 Å². The number of aromatic nitrogens is 2. The lowest BCUT2D eigenvalue weighted by atomic mass is 10.0.